The Morgan fingerprint density at radius 1 is 0.900 bits per heavy atom. The van der Waals surface area contributed by atoms with E-state index in [1.807, 2.05) is 76.2 Å². The van der Waals surface area contributed by atoms with Crippen LogP contribution in [-0.2, 0) is 0 Å². The smallest absolute Gasteiger partial charge is 0.174 e. The van der Waals surface area contributed by atoms with Crippen molar-refractivity contribution in [1.82, 2.24) is 5.16 Å². The maximum absolute atomic E-state index is 5.39. The van der Waals surface area contributed by atoms with Gasteiger partial charge in [-0.3, -0.25) is 0 Å². The van der Waals surface area contributed by atoms with Gasteiger partial charge in [-0.05, 0) is 18.2 Å². The normalized spacial score (nSPS) is 9.25. The Bertz CT molecular complexity index is 632. The summed E-state index contributed by atoms with van der Waals surface area (Å²) < 4.78 is 6.41. The molecule has 0 saturated heterocycles. The van der Waals surface area contributed by atoms with Crippen LogP contribution in [0.5, 0.6) is 0 Å². The highest BCUT2D eigenvalue weighted by Crippen LogP contribution is 2.30. The molecule has 0 aliphatic carbocycles. The first-order valence-electron chi connectivity index (χ1n) is 6.95. The van der Waals surface area contributed by atoms with Gasteiger partial charge in [0.05, 0.1) is 5.39 Å². The van der Waals surface area contributed by atoms with E-state index < -0.39 is 0 Å². The predicted octanol–water partition coefficient (Wildman–Crippen LogP) is 6.31. The van der Waals surface area contributed by atoms with Crippen molar-refractivity contribution in [3.63, 3.8) is 0 Å². The molecule has 0 unspecified atom stereocenters. The van der Waals surface area contributed by atoms with Gasteiger partial charge in [0.15, 0.2) is 5.76 Å². The molecule has 0 saturated carbocycles. The van der Waals surface area contributed by atoms with Gasteiger partial charge in [0.2, 0.25) is 0 Å². The van der Waals surface area contributed by atoms with Crippen molar-refractivity contribution < 1.29 is 4.52 Å². The van der Waals surface area contributed by atoms with Crippen molar-refractivity contribution in [3.8, 4) is 11.3 Å². The van der Waals surface area contributed by atoms with Crippen molar-refractivity contribution in [1.29, 1.82) is 0 Å². The fourth-order valence-electron chi connectivity index (χ4n) is 1.71. The minimum absolute atomic E-state index is 0.817. The van der Waals surface area contributed by atoms with Crippen LogP contribution in [0, 0.1) is 0 Å². The molecule has 2 nitrogen and oxygen atoms in total. The van der Waals surface area contributed by atoms with Crippen LogP contribution >= 0.6 is 15.9 Å². The highest BCUT2D eigenvalue weighted by Gasteiger charge is 2.09. The van der Waals surface area contributed by atoms with E-state index in [4.69, 9.17) is 4.52 Å². The molecule has 3 aromatic rings. The second kappa shape index (κ2) is 8.54. The molecule has 3 rings (SSSR count). The highest BCUT2D eigenvalue weighted by molar-refractivity contribution is 9.10. The minimum atomic E-state index is 0.817. The molecule has 106 valence electrons. The third kappa shape index (κ3) is 3.70. The molecule has 20 heavy (non-hydrogen) atoms. The average molecular weight is 334 g/mol. The second-order valence-corrected chi connectivity index (χ2v) is 4.45. The topological polar surface area (TPSA) is 26.0 Å². The predicted molar refractivity (Wildman–Crippen MR) is 89.8 cm³/mol. The van der Waals surface area contributed by atoms with E-state index in [-0.39, 0.29) is 0 Å². The monoisotopic (exact) mass is 333 g/mol. The fraction of sp³-hybridized carbons (Fsp3) is 0.235. The van der Waals surface area contributed by atoms with Crippen LogP contribution in [0.15, 0.2) is 57.5 Å². The molecule has 1 aromatic heterocycles. The van der Waals surface area contributed by atoms with E-state index in [9.17, 15) is 0 Å². The molecule has 0 atom stereocenters. The zero-order chi connectivity index (χ0) is 15.0. The minimum Gasteiger partial charge on any atom is -0.355 e. The first-order chi connectivity index (χ1) is 9.84. The lowest BCUT2D eigenvalue weighted by Crippen LogP contribution is -1.74. The Hall–Kier alpha value is -1.61. The molecular weight excluding hydrogens is 314 g/mol. The van der Waals surface area contributed by atoms with Gasteiger partial charge in [-0.1, -0.05) is 79.1 Å². The molecule has 2 aromatic carbocycles. The average Bonchev–Trinajstić information content (AvgIpc) is 2.95. The summed E-state index contributed by atoms with van der Waals surface area (Å²) in [6.07, 6.45) is 0. The van der Waals surface area contributed by atoms with Gasteiger partial charge < -0.3 is 4.52 Å². The Morgan fingerprint density at radius 3 is 2.20 bits per heavy atom. The molecule has 0 amide bonds. The van der Waals surface area contributed by atoms with Crippen molar-refractivity contribution in [2.45, 2.75) is 27.7 Å². The summed E-state index contributed by atoms with van der Waals surface area (Å²) in [7, 11) is 0. The third-order valence-electron chi connectivity index (χ3n) is 2.47. The number of fused-ring (bicyclic) bond motifs is 1. The summed E-state index contributed by atoms with van der Waals surface area (Å²) in [5.41, 5.74) is 1.92. The van der Waals surface area contributed by atoms with E-state index in [2.05, 4.69) is 21.1 Å². The lowest BCUT2D eigenvalue weighted by Gasteiger charge is -1.95. The Morgan fingerprint density at radius 2 is 1.55 bits per heavy atom. The van der Waals surface area contributed by atoms with Gasteiger partial charge >= 0.3 is 0 Å². The zero-order valence-electron chi connectivity index (χ0n) is 12.4. The molecule has 0 bridgehead atoms. The van der Waals surface area contributed by atoms with Gasteiger partial charge in [0, 0.05) is 10.0 Å². The number of rotatable bonds is 1. The Balaban J connectivity index is 0.000000461. The molecule has 0 N–H and O–H groups in total. The summed E-state index contributed by atoms with van der Waals surface area (Å²) in [6.45, 7) is 8.00. The van der Waals surface area contributed by atoms with E-state index in [1.54, 1.807) is 0 Å². The SMILES string of the molecule is Brc1ccc2noc(-c3ccccc3)c2c1.CC.CC. The standard InChI is InChI=1S/C13H8BrNO.2C2H6/c14-10-6-7-12-11(8-10)13(16-15-12)9-4-2-1-3-5-9;2*1-2/h1-8H;2*1-2H3. The summed E-state index contributed by atoms with van der Waals surface area (Å²) >= 11 is 3.45. The van der Waals surface area contributed by atoms with Crippen LogP contribution in [-0.4, -0.2) is 5.16 Å². The molecule has 0 fully saturated rings. The number of hydrogen-bond acceptors (Lipinski definition) is 2. The first-order valence-corrected chi connectivity index (χ1v) is 7.74. The molecular formula is C17H20BrNO. The third-order valence-corrected chi connectivity index (χ3v) is 2.97. The van der Waals surface area contributed by atoms with Crippen LogP contribution in [0.3, 0.4) is 0 Å². The molecule has 1 heterocycles. The quantitative estimate of drug-likeness (QED) is 0.521. The Kier molecular flexibility index (Phi) is 7.02. The van der Waals surface area contributed by atoms with E-state index in [1.165, 1.54) is 0 Å². The maximum Gasteiger partial charge on any atom is 0.174 e. The van der Waals surface area contributed by atoms with Gasteiger partial charge in [-0.25, -0.2) is 0 Å². The van der Waals surface area contributed by atoms with Crippen LogP contribution in [0.1, 0.15) is 27.7 Å². The number of aromatic nitrogens is 1. The first kappa shape index (κ1) is 16.4. The van der Waals surface area contributed by atoms with E-state index in [0.717, 1.165) is 26.7 Å². The van der Waals surface area contributed by atoms with E-state index >= 15 is 0 Å². The second-order valence-electron chi connectivity index (χ2n) is 3.54. The lowest BCUT2D eigenvalue weighted by atomic mass is 10.1. The number of halogens is 1. The van der Waals surface area contributed by atoms with Gasteiger partial charge in [0.25, 0.3) is 0 Å². The molecule has 0 spiro atoms. The largest absolute Gasteiger partial charge is 0.355 e. The lowest BCUT2D eigenvalue weighted by molar-refractivity contribution is 0.441. The number of nitrogens with zero attached hydrogens (tertiary/aromatic N) is 1. The Labute approximate surface area is 128 Å². The molecule has 0 radical (unpaired) electrons. The van der Waals surface area contributed by atoms with Crippen molar-refractivity contribution in [2.24, 2.45) is 0 Å². The van der Waals surface area contributed by atoms with Gasteiger partial charge in [-0.2, -0.15) is 0 Å². The summed E-state index contributed by atoms with van der Waals surface area (Å²) in [4.78, 5) is 0. The number of benzene rings is 2. The highest BCUT2D eigenvalue weighted by atomic mass is 79.9. The van der Waals surface area contributed by atoms with Crippen molar-refractivity contribution in [2.75, 3.05) is 0 Å². The van der Waals surface area contributed by atoms with Gasteiger partial charge in [-0.15, -0.1) is 0 Å². The van der Waals surface area contributed by atoms with Crippen LogP contribution in [0.2, 0.25) is 0 Å². The van der Waals surface area contributed by atoms with E-state index in [0.29, 0.717) is 0 Å². The molecule has 3 heteroatoms. The van der Waals surface area contributed by atoms with Crippen LogP contribution < -0.4 is 0 Å². The summed E-state index contributed by atoms with van der Waals surface area (Å²) in [6, 6.07) is 15.9. The molecule has 0 aliphatic heterocycles. The number of hydrogen-bond donors (Lipinski definition) is 0. The maximum atomic E-state index is 5.39. The van der Waals surface area contributed by atoms with Crippen molar-refractivity contribution >= 4 is 26.8 Å². The fourth-order valence-corrected chi connectivity index (χ4v) is 2.07. The van der Waals surface area contributed by atoms with Gasteiger partial charge in [0.1, 0.15) is 5.52 Å². The van der Waals surface area contributed by atoms with Crippen molar-refractivity contribution in [3.05, 3.63) is 53.0 Å². The molecule has 0 aliphatic rings. The zero-order valence-corrected chi connectivity index (χ0v) is 13.9. The summed E-state index contributed by atoms with van der Waals surface area (Å²) in [5.74, 6) is 0.817. The van der Waals surface area contributed by atoms with Crippen LogP contribution in [0.4, 0.5) is 0 Å². The van der Waals surface area contributed by atoms with Crippen LogP contribution in [0.25, 0.3) is 22.2 Å². The summed E-state index contributed by atoms with van der Waals surface area (Å²) in [5, 5.41) is 5.07.